The Kier molecular flexibility index (Phi) is 4.38. The van der Waals surface area contributed by atoms with Crippen molar-refractivity contribution in [1.82, 2.24) is 9.55 Å². The lowest BCUT2D eigenvalue weighted by atomic mass is 10.3. The van der Waals surface area contributed by atoms with Crippen molar-refractivity contribution < 1.29 is 0 Å². The third-order valence-electron chi connectivity index (χ3n) is 2.35. The van der Waals surface area contributed by atoms with E-state index < -0.39 is 0 Å². The van der Waals surface area contributed by atoms with Gasteiger partial charge in [-0.3, -0.25) is 4.57 Å². The molecule has 0 aliphatic heterocycles. The van der Waals surface area contributed by atoms with Crippen LogP contribution in [0.15, 0.2) is 45.9 Å². The first-order valence-corrected chi connectivity index (χ1v) is 6.54. The second-order valence-electron chi connectivity index (χ2n) is 3.68. The van der Waals surface area contributed by atoms with Crippen LogP contribution < -0.4 is 11.0 Å². The third-order valence-corrected chi connectivity index (χ3v) is 3.07. The highest BCUT2D eigenvalue weighted by molar-refractivity contribution is 9.10. The van der Waals surface area contributed by atoms with Crippen LogP contribution in [-0.2, 0) is 6.54 Å². The molecule has 0 fully saturated rings. The predicted molar refractivity (Wildman–Crippen MR) is 76.1 cm³/mol. The van der Waals surface area contributed by atoms with Gasteiger partial charge in [-0.25, -0.2) is 9.78 Å². The topological polar surface area (TPSA) is 46.9 Å². The minimum absolute atomic E-state index is 0.294. The van der Waals surface area contributed by atoms with Crippen molar-refractivity contribution in [2.75, 3.05) is 11.9 Å². The Morgan fingerprint density at radius 2 is 2.06 bits per heavy atom. The van der Waals surface area contributed by atoms with Crippen LogP contribution in [0.25, 0.3) is 0 Å². The van der Waals surface area contributed by atoms with Crippen LogP contribution in [0.2, 0.25) is 5.02 Å². The summed E-state index contributed by atoms with van der Waals surface area (Å²) in [6, 6.07) is 7.83. The van der Waals surface area contributed by atoms with E-state index in [0.29, 0.717) is 18.1 Å². The van der Waals surface area contributed by atoms with Crippen molar-refractivity contribution in [3.05, 3.63) is 56.6 Å². The Morgan fingerprint density at radius 3 is 2.78 bits per heavy atom. The summed E-state index contributed by atoms with van der Waals surface area (Å²) in [6.07, 6.45) is 2.93. The van der Waals surface area contributed by atoms with E-state index in [0.717, 1.165) is 10.2 Å². The van der Waals surface area contributed by atoms with Gasteiger partial charge >= 0.3 is 5.69 Å². The van der Waals surface area contributed by atoms with E-state index in [1.165, 1.54) is 10.8 Å². The van der Waals surface area contributed by atoms with E-state index >= 15 is 0 Å². The summed E-state index contributed by atoms with van der Waals surface area (Å²) >= 11 is 9.15. The van der Waals surface area contributed by atoms with E-state index in [2.05, 4.69) is 26.2 Å². The largest absolute Gasteiger partial charge is 0.383 e. The van der Waals surface area contributed by atoms with E-state index in [-0.39, 0.29) is 5.69 Å². The van der Waals surface area contributed by atoms with E-state index in [4.69, 9.17) is 11.6 Å². The molecule has 0 bridgehead atoms. The molecule has 1 N–H and O–H groups in total. The van der Waals surface area contributed by atoms with Gasteiger partial charge in [-0.1, -0.05) is 27.5 Å². The molecule has 6 heteroatoms. The average molecular weight is 329 g/mol. The van der Waals surface area contributed by atoms with Gasteiger partial charge in [0.25, 0.3) is 0 Å². The molecule has 0 unspecified atom stereocenters. The molecule has 0 spiro atoms. The van der Waals surface area contributed by atoms with Gasteiger partial charge in [0, 0.05) is 29.4 Å². The normalized spacial score (nSPS) is 10.3. The van der Waals surface area contributed by atoms with Crippen LogP contribution >= 0.6 is 27.5 Å². The molecule has 2 aromatic rings. The Balaban J connectivity index is 1.94. The second kappa shape index (κ2) is 6.02. The third kappa shape index (κ3) is 3.58. The SMILES string of the molecule is O=c1ncc(Cl)cn1CCNc1ccc(Br)cc1. The maximum atomic E-state index is 11.4. The summed E-state index contributed by atoms with van der Waals surface area (Å²) in [4.78, 5) is 15.1. The molecule has 4 nitrogen and oxygen atoms in total. The van der Waals surface area contributed by atoms with Gasteiger partial charge in [0.15, 0.2) is 0 Å². The van der Waals surface area contributed by atoms with Gasteiger partial charge < -0.3 is 5.32 Å². The number of hydrogen-bond acceptors (Lipinski definition) is 3. The molecule has 0 aliphatic carbocycles. The Labute approximate surface area is 118 Å². The Hall–Kier alpha value is -1.33. The maximum Gasteiger partial charge on any atom is 0.347 e. The monoisotopic (exact) mass is 327 g/mol. The van der Waals surface area contributed by atoms with Crippen LogP contribution in [0, 0.1) is 0 Å². The molecule has 0 aliphatic rings. The van der Waals surface area contributed by atoms with Gasteiger partial charge in [-0.2, -0.15) is 0 Å². The highest BCUT2D eigenvalue weighted by Crippen LogP contribution is 2.13. The quantitative estimate of drug-likeness (QED) is 0.939. The first-order valence-electron chi connectivity index (χ1n) is 5.36. The van der Waals surface area contributed by atoms with Crippen molar-refractivity contribution in [1.29, 1.82) is 0 Å². The van der Waals surface area contributed by atoms with Gasteiger partial charge in [0.05, 0.1) is 11.2 Å². The molecule has 94 valence electrons. The number of nitrogens with one attached hydrogen (secondary N) is 1. The minimum Gasteiger partial charge on any atom is -0.383 e. The minimum atomic E-state index is -0.294. The number of rotatable bonds is 4. The zero-order valence-corrected chi connectivity index (χ0v) is 11.8. The van der Waals surface area contributed by atoms with Gasteiger partial charge in [0.2, 0.25) is 0 Å². The fraction of sp³-hybridized carbons (Fsp3) is 0.167. The molecule has 0 radical (unpaired) electrons. The maximum absolute atomic E-state index is 11.4. The number of hydrogen-bond donors (Lipinski definition) is 1. The Bertz CT molecular complexity index is 583. The molecule has 18 heavy (non-hydrogen) atoms. The predicted octanol–water partition coefficient (Wildman–Crippen LogP) is 2.77. The van der Waals surface area contributed by atoms with E-state index in [9.17, 15) is 4.79 Å². The molecule has 0 atom stereocenters. The molecular formula is C12H11BrClN3O. The standard InChI is InChI=1S/C12H11BrClN3O/c13-9-1-3-11(4-2-9)15-5-6-17-8-10(14)7-16-12(17)18/h1-4,7-8,15H,5-6H2. The number of benzene rings is 1. The lowest BCUT2D eigenvalue weighted by Crippen LogP contribution is -2.25. The van der Waals surface area contributed by atoms with Crippen LogP contribution in [0.3, 0.4) is 0 Å². The zero-order valence-electron chi connectivity index (χ0n) is 9.44. The first-order chi connectivity index (χ1) is 8.65. The number of anilines is 1. The van der Waals surface area contributed by atoms with Crippen LogP contribution in [-0.4, -0.2) is 16.1 Å². The van der Waals surface area contributed by atoms with Gasteiger partial charge in [-0.15, -0.1) is 0 Å². The highest BCUT2D eigenvalue weighted by Gasteiger charge is 1.98. The molecule has 0 amide bonds. The van der Waals surface area contributed by atoms with Crippen molar-refractivity contribution in [2.45, 2.75) is 6.54 Å². The van der Waals surface area contributed by atoms with Gasteiger partial charge in [0.1, 0.15) is 0 Å². The summed E-state index contributed by atoms with van der Waals surface area (Å²) in [5.41, 5.74) is 0.707. The number of nitrogens with zero attached hydrogens (tertiary/aromatic N) is 2. The first kappa shape index (κ1) is 13.1. The molecule has 2 rings (SSSR count). The van der Waals surface area contributed by atoms with Crippen LogP contribution in [0.5, 0.6) is 0 Å². The van der Waals surface area contributed by atoms with Gasteiger partial charge in [-0.05, 0) is 24.3 Å². The number of halogens is 2. The second-order valence-corrected chi connectivity index (χ2v) is 5.03. The molecule has 1 aromatic heterocycles. The molecule has 1 aromatic carbocycles. The highest BCUT2D eigenvalue weighted by atomic mass is 79.9. The number of aromatic nitrogens is 2. The summed E-state index contributed by atoms with van der Waals surface area (Å²) in [7, 11) is 0. The van der Waals surface area contributed by atoms with Crippen molar-refractivity contribution in [3.63, 3.8) is 0 Å². The fourth-order valence-electron chi connectivity index (χ4n) is 1.48. The van der Waals surface area contributed by atoms with Crippen molar-refractivity contribution in [2.24, 2.45) is 0 Å². The smallest absolute Gasteiger partial charge is 0.347 e. The van der Waals surface area contributed by atoms with Crippen molar-refractivity contribution in [3.8, 4) is 0 Å². The zero-order chi connectivity index (χ0) is 13.0. The Morgan fingerprint density at radius 1 is 1.33 bits per heavy atom. The molecule has 0 saturated carbocycles. The molecular weight excluding hydrogens is 318 g/mol. The average Bonchev–Trinajstić information content (AvgIpc) is 2.36. The summed E-state index contributed by atoms with van der Waals surface area (Å²) in [6.45, 7) is 1.14. The van der Waals surface area contributed by atoms with Crippen LogP contribution in [0.1, 0.15) is 0 Å². The van der Waals surface area contributed by atoms with E-state index in [1.54, 1.807) is 6.20 Å². The van der Waals surface area contributed by atoms with Crippen molar-refractivity contribution >= 4 is 33.2 Å². The molecule has 0 saturated heterocycles. The summed E-state index contributed by atoms with van der Waals surface area (Å²) < 4.78 is 2.51. The molecule has 1 heterocycles. The summed E-state index contributed by atoms with van der Waals surface area (Å²) in [5, 5.41) is 3.67. The summed E-state index contributed by atoms with van der Waals surface area (Å²) in [5.74, 6) is 0. The lowest BCUT2D eigenvalue weighted by Gasteiger charge is -2.08. The fourth-order valence-corrected chi connectivity index (χ4v) is 1.91. The lowest BCUT2D eigenvalue weighted by molar-refractivity contribution is 0.674. The van der Waals surface area contributed by atoms with Crippen LogP contribution in [0.4, 0.5) is 5.69 Å². The van der Waals surface area contributed by atoms with E-state index in [1.807, 2.05) is 24.3 Å².